The lowest BCUT2D eigenvalue weighted by Crippen LogP contribution is -2.11. The van der Waals surface area contributed by atoms with Crippen LogP contribution in [0.25, 0.3) is 27.8 Å². The second-order valence-corrected chi connectivity index (χ2v) is 6.48. The molecule has 0 fully saturated rings. The molecule has 5 heteroatoms. The van der Waals surface area contributed by atoms with Gasteiger partial charge >= 0.3 is 0 Å². The van der Waals surface area contributed by atoms with Crippen molar-refractivity contribution in [1.29, 1.82) is 0 Å². The van der Waals surface area contributed by atoms with E-state index in [-0.39, 0.29) is 0 Å². The Morgan fingerprint density at radius 2 is 1.64 bits per heavy atom. The first-order valence-corrected chi connectivity index (χ1v) is 8.37. The van der Waals surface area contributed by atoms with Crippen LogP contribution in [0.15, 0.2) is 67.1 Å². The van der Waals surface area contributed by atoms with Crippen LogP contribution in [0.4, 0.5) is 5.82 Å². The number of fused-ring (bicyclic) bond motifs is 1. The van der Waals surface area contributed by atoms with Crippen molar-refractivity contribution in [2.45, 2.75) is 0 Å². The molecule has 4 rings (SSSR count). The summed E-state index contributed by atoms with van der Waals surface area (Å²) in [6.07, 6.45) is 3.73. The van der Waals surface area contributed by atoms with Crippen LogP contribution in [0.2, 0.25) is 5.02 Å². The van der Waals surface area contributed by atoms with Crippen molar-refractivity contribution in [3.8, 4) is 16.8 Å². The van der Waals surface area contributed by atoms with E-state index in [0.717, 1.165) is 33.7 Å². The average molecular weight is 349 g/mol. The van der Waals surface area contributed by atoms with Crippen molar-refractivity contribution in [1.82, 2.24) is 14.5 Å². The van der Waals surface area contributed by atoms with Crippen molar-refractivity contribution >= 4 is 28.5 Å². The molecule has 0 saturated heterocycles. The molecule has 0 atom stereocenters. The van der Waals surface area contributed by atoms with Gasteiger partial charge in [0.1, 0.15) is 12.1 Å². The Hall–Kier alpha value is -2.85. The Bertz CT molecular complexity index is 1020. The molecule has 124 valence electrons. The van der Waals surface area contributed by atoms with Crippen molar-refractivity contribution in [3.05, 3.63) is 72.1 Å². The molecule has 0 unspecified atom stereocenters. The van der Waals surface area contributed by atoms with Gasteiger partial charge in [-0.05, 0) is 29.8 Å². The Morgan fingerprint density at radius 1 is 0.920 bits per heavy atom. The molecule has 4 aromatic rings. The minimum atomic E-state index is 0.715. The first-order valence-electron chi connectivity index (χ1n) is 8.00. The summed E-state index contributed by atoms with van der Waals surface area (Å²) in [5.74, 6) is 0.900. The molecule has 0 aliphatic heterocycles. The van der Waals surface area contributed by atoms with Crippen LogP contribution < -0.4 is 4.90 Å². The van der Waals surface area contributed by atoms with Crippen LogP contribution in [0, 0.1) is 0 Å². The summed E-state index contributed by atoms with van der Waals surface area (Å²) in [6.45, 7) is 0. The predicted octanol–water partition coefficient (Wildman–Crippen LogP) is 4.81. The highest BCUT2D eigenvalue weighted by Gasteiger charge is 2.18. The SMILES string of the molecule is CN(C)c1ncnc2c1c(-c1ccccc1)cn2-c1ccc(Cl)cc1. The van der Waals surface area contributed by atoms with E-state index in [1.807, 2.05) is 61.5 Å². The standard InChI is InChI=1S/C20H17ClN4/c1-24(2)19-18-17(14-6-4-3-5-7-14)12-25(20(18)23-13-22-19)16-10-8-15(21)9-11-16/h3-13H,1-2H3. The number of nitrogens with zero attached hydrogens (tertiary/aromatic N) is 4. The van der Waals surface area contributed by atoms with Gasteiger partial charge in [-0.3, -0.25) is 0 Å². The molecule has 0 amide bonds. The fraction of sp³-hybridized carbons (Fsp3) is 0.100. The van der Waals surface area contributed by atoms with Crippen LogP contribution in [0.3, 0.4) is 0 Å². The molecular formula is C20H17ClN4. The molecule has 0 N–H and O–H groups in total. The zero-order valence-electron chi connectivity index (χ0n) is 14.0. The number of rotatable bonds is 3. The maximum atomic E-state index is 6.04. The van der Waals surface area contributed by atoms with E-state index in [1.54, 1.807) is 6.33 Å². The number of halogens is 1. The number of anilines is 1. The van der Waals surface area contributed by atoms with Crippen LogP contribution >= 0.6 is 11.6 Å². The first-order chi connectivity index (χ1) is 12.1. The van der Waals surface area contributed by atoms with E-state index in [1.165, 1.54) is 0 Å². The normalized spacial score (nSPS) is 11.0. The summed E-state index contributed by atoms with van der Waals surface area (Å²) in [7, 11) is 3.99. The summed E-state index contributed by atoms with van der Waals surface area (Å²) < 4.78 is 2.09. The van der Waals surface area contributed by atoms with Gasteiger partial charge in [0.05, 0.1) is 5.39 Å². The number of hydrogen-bond donors (Lipinski definition) is 0. The van der Waals surface area contributed by atoms with Gasteiger partial charge in [-0.25, -0.2) is 9.97 Å². The number of aromatic nitrogens is 3. The quantitative estimate of drug-likeness (QED) is 0.533. The van der Waals surface area contributed by atoms with E-state index < -0.39 is 0 Å². The maximum Gasteiger partial charge on any atom is 0.150 e. The van der Waals surface area contributed by atoms with E-state index in [0.29, 0.717) is 5.02 Å². The van der Waals surface area contributed by atoms with E-state index in [4.69, 9.17) is 11.6 Å². The second kappa shape index (κ2) is 6.22. The van der Waals surface area contributed by atoms with Crippen LogP contribution in [-0.2, 0) is 0 Å². The molecule has 0 aliphatic rings. The van der Waals surface area contributed by atoms with Crippen molar-refractivity contribution in [2.75, 3.05) is 19.0 Å². The zero-order valence-corrected chi connectivity index (χ0v) is 14.8. The fourth-order valence-electron chi connectivity index (χ4n) is 3.02. The molecule has 2 heterocycles. The Kier molecular flexibility index (Phi) is 3.90. The predicted molar refractivity (Wildman–Crippen MR) is 104 cm³/mol. The van der Waals surface area contributed by atoms with Gasteiger partial charge in [-0.1, -0.05) is 41.9 Å². The highest BCUT2D eigenvalue weighted by atomic mass is 35.5. The molecule has 0 saturated carbocycles. The highest BCUT2D eigenvalue weighted by Crippen LogP contribution is 2.36. The van der Waals surface area contributed by atoms with Crippen molar-refractivity contribution in [2.24, 2.45) is 0 Å². The van der Waals surface area contributed by atoms with Gasteiger partial charge in [-0.15, -0.1) is 0 Å². The lowest BCUT2D eigenvalue weighted by Gasteiger charge is -2.13. The summed E-state index contributed by atoms with van der Waals surface area (Å²) in [5.41, 5.74) is 4.13. The van der Waals surface area contributed by atoms with Gasteiger partial charge in [0.15, 0.2) is 5.65 Å². The fourth-order valence-corrected chi connectivity index (χ4v) is 3.15. The number of hydrogen-bond acceptors (Lipinski definition) is 3. The van der Waals surface area contributed by atoms with Gasteiger partial charge in [0.25, 0.3) is 0 Å². The van der Waals surface area contributed by atoms with Crippen molar-refractivity contribution < 1.29 is 0 Å². The second-order valence-electron chi connectivity index (χ2n) is 6.05. The Morgan fingerprint density at radius 3 is 2.32 bits per heavy atom. The molecule has 0 bridgehead atoms. The van der Waals surface area contributed by atoms with Gasteiger partial charge in [0, 0.05) is 36.6 Å². The molecule has 25 heavy (non-hydrogen) atoms. The molecule has 4 nitrogen and oxygen atoms in total. The average Bonchev–Trinajstić information content (AvgIpc) is 3.03. The minimum absolute atomic E-state index is 0.715. The lowest BCUT2D eigenvalue weighted by atomic mass is 10.1. The summed E-state index contributed by atoms with van der Waals surface area (Å²) in [5, 5.41) is 1.75. The Labute approximate surface area is 151 Å². The van der Waals surface area contributed by atoms with Gasteiger partial charge < -0.3 is 9.47 Å². The molecular weight excluding hydrogens is 332 g/mol. The lowest BCUT2D eigenvalue weighted by molar-refractivity contribution is 1.04. The van der Waals surface area contributed by atoms with Crippen LogP contribution in [0.1, 0.15) is 0 Å². The molecule has 0 radical (unpaired) electrons. The van der Waals surface area contributed by atoms with Gasteiger partial charge in [-0.2, -0.15) is 0 Å². The van der Waals surface area contributed by atoms with E-state index in [9.17, 15) is 0 Å². The summed E-state index contributed by atoms with van der Waals surface area (Å²) in [4.78, 5) is 11.1. The summed E-state index contributed by atoms with van der Waals surface area (Å²) >= 11 is 6.04. The number of benzene rings is 2. The summed E-state index contributed by atoms with van der Waals surface area (Å²) in [6, 6.07) is 18.1. The monoisotopic (exact) mass is 348 g/mol. The molecule has 2 aromatic heterocycles. The highest BCUT2D eigenvalue weighted by molar-refractivity contribution is 6.30. The van der Waals surface area contributed by atoms with Crippen molar-refractivity contribution in [3.63, 3.8) is 0 Å². The largest absolute Gasteiger partial charge is 0.362 e. The zero-order chi connectivity index (χ0) is 17.4. The maximum absolute atomic E-state index is 6.04. The molecule has 0 aliphatic carbocycles. The smallest absolute Gasteiger partial charge is 0.150 e. The third-order valence-electron chi connectivity index (χ3n) is 4.18. The van der Waals surface area contributed by atoms with Crippen LogP contribution in [-0.4, -0.2) is 28.6 Å². The van der Waals surface area contributed by atoms with Crippen LogP contribution in [0.5, 0.6) is 0 Å². The van der Waals surface area contributed by atoms with E-state index >= 15 is 0 Å². The third kappa shape index (κ3) is 2.75. The molecule has 2 aromatic carbocycles. The van der Waals surface area contributed by atoms with Gasteiger partial charge in [0.2, 0.25) is 0 Å². The molecule has 0 spiro atoms. The topological polar surface area (TPSA) is 34.0 Å². The van der Waals surface area contributed by atoms with E-state index in [2.05, 4.69) is 32.9 Å². The first kappa shape index (κ1) is 15.7. The minimum Gasteiger partial charge on any atom is -0.362 e. The Balaban J connectivity index is 2.06. The third-order valence-corrected chi connectivity index (χ3v) is 4.43.